The lowest BCUT2D eigenvalue weighted by atomic mass is 10.0. The van der Waals surface area contributed by atoms with Crippen LogP contribution in [0.25, 0.3) is 0 Å². The van der Waals surface area contributed by atoms with Crippen LogP contribution in [0.2, 0.25) is 0 Å². The van der Waals surface area contributed by atoms with E-state index in [2.05, 4.69) is 5.32 Å². The summed E-state index contributed by atoms with van der Waals surface area (Å²) in [7, 11) is -3.10. The maximum absolute atomic E-state index is 11.3. The van der Waals surface area contributed by atoms with Crippen LogP contribution in [-0.4, -0.2) is 33.9 Å². The number of rotatable bonds is 6. The van der Waals surface area contributed by atoms with Crippen LogP contribution in [0.4, 0.5) is 5.69 Å². The van der Waals surface area contributed by atoms with Crippen molar-refractivity contribution >= 4 is 15.5 Å². The molecular weight excluding hydrogens is 274 g/mol. The summed E-state index contributed by atoms with van der Waals surface area (Å²) in [6, 6.07) is 6.91. The van der Waals surface area contributed by atoms with Crippen molar-refractivity contribution in [1.82, 2.24) is 0 Å². The molecule has 0 radical (unpaired) electrons. The molecule has 1 aromatic rings. The molecule has 1 heterocycles. The highest BCUT2D eigenvalue weighted by Crippen LogP contribution is 2.17. The minimum Gasteiger partial charge on any atom is -0.385 e. The molecule has 2 rings (SSSR count). The van der Waals surface area contributed by atoms with Gasteiger partial charge in [-0.3, -0.25) is 0 Å². The highest BCUT2D eigenvalue weighted by molar-refractivity contribution is 7.90. The third-order valence-corrected chi connectivity index (χ3v) is 4.72. The van der Waals surface area contributed by atoms with Gasteiger partial charge in [0.1, 0.15) is 0 Å². The first kappa shape index (κ1) is 15.3. The fourth-order valence-corrected chi connectivity index (χ4v) is 3.05. The summed E-state index contributed by atoms with van der Waals surface area (Å²) in [4.78, 5) is 0.360. The number of hydrogen-bond donors (Lipinski definition) is 1. The summed E-state index contributed by atoms with van der Waals surface area (Å²) < 4.78 is 28.4. The molecule has 1 N–H and O–H groups in total. The molecule has 1 saturated heterocycles. The summed E-state index contributed by atoms with van der Waals surface area (Å²) in [5.41, 5.74) is 0.960. The van der Waals surface area contributed by atoms with E-state index in [9.17, 15) is 8.42 Å². The van der Waals surface area contributed by atoms with Crippen molar-refractivity contribution in [2.75, 3.05) is 24.7 Å². The molecule has 0 bridgehead atoms. The Balaban J connectivity index is 1.71. The van der Waals surface area contributed by atoms with Gasteiger partial charge in [0.25, 0.3) is 0 Å². The predicted octanol–water partition coefficient (Wildman–Crippen LogP) is 2.85. The van der Waals surface area contributed by atoms with Crippen LogP contribution >= 0.6 is 0 Å². The van der Waals surface area contributed by atoms with E-state index in [0.717, 1.165) is 31.7 Å². The fraction of sp³-hybridized carbons (Fsp3) is 0.600. The van der Waals surface area contributed by atoms with Gasteiger partial charge < -0.3 is 10.1 Å². The molecule has 1 atom stereocenters. The molecule has 1 aliphatic heterocycles. The van der Waals surface area contributed by atoms with Gasteiger partial charge in [0.05, 0.1) is 11.0 Å². The van der Waals surface area contributed by atoms with E-state index in [-0.39, 0.29) is 0 Å². The van der Waals surface area contributed by atoms with E-state index in [1.165, 1.54) is 25.5 Å². The second-order valence-corrected chi connectivity index (χ2v) is 7.37. The van der Waals surface area contributed by atoms with Crippen LogP contribution in [-0.2, 0) is 14.6 Å². The van der Waals surface area contributed by atoms with Crippen molar-refractivity contribution in [2.24, 2.45) is 0 Å². The molecule has 20 heavy (non-hydrogen) atoms. The molecule has 0 amide bonds. The third-order valence-electron chi connectivity index (χ3n) is 3.59. The van der Waals surface area contributed by atoms with Crippen LogP contribution < -0.4 is 5.32 Å². The summed E-state index contributed by atoms with van der Waals surface area (Å²) in [6.07, 6.45) is 7.47. The summed E-state index contributed by atoms with van der Waals surface area (Å²) >= 11 is 0. The van der Waals surface area contributed by atoms with Gasteiger partial charge in [0.2, 0.25) is 0 Å². The Bertz CT molecular complexity index is 504. The summed E-state index contributed by atoms with van der Waals surface area (Å²) in [5.74, 6) is 0. The number of sulfone groups is 1. The lowest BCUT2D eigenvalue weighted by Gasteiger charge is -2.22. The third kappa shape index (κ3) is 4.80. The van der Waals surface area contributed by atoms with Gasteiger partial charge in [-0.25, -0.2) is 8.42 Å². The standard InChI is InChI=1S/C15H23NO3S/c1-20(17,18)15-9-7-13(8-10-15)16-11-4-6-14-5-2-3-12-19-14/h7-10,14,16H,2-6,11-12H2,1H3. The maximum atomic E-state index is 11.3. The van der Waals surface area contributed by atoms with E-state index in [4.69, 9.17) is 4.74 Å². The van der Waals surface area contributed by atoms with Crippen LogP contribution in [0, 0.1) is 0 Å². The van der Waals surface area contributed by atoms with Crippen molar-refractivity contribution in [2.45, 2.75) is 43.1 Å². The smallest absolute Gasteiger partial charge is 0.175 e. The minimum atomic E-state index is -3.10. The minimum absolute atomic E-state index is 0.360. The number of anilines is 1. The second kappa shape index (κ2) is 7.09. The zero-order valence-electron chi connectivity index (χ0n) is 12.0. The van der Waals surface area contributed by atoms with Gasteiger partial charge in [0.15, 0.2) is 9.84 Å². The summed E-state index contributed by atoms with van der Waals surface area (Å²) in [5, 5.41) is 3.31. The van der Waals surface area contributed by atoms with E-state index < -0.39 is 9.84 Å². The Hall–Kier alpha value is -1.07. The SMILES string of the molecule is CS(=O)(=O)c1ccc(NCCCC2CCCCO2)cc1. The topological polar surface area (TPSA) is 55.4 Å². The van der Waals surface area contributed by atoms with Crippen LogP contribution in [0.1, 0.15) is 32.1 Å². The Kier molecular flexibility index (Phi) is 5.43. The largest absolute Gasteiger partial charge is 0.385 e. The van der Waals surface area contributed by atoms with Crippen molar-refractivity contribution in [3.63, 3.8) is 0 Å². The zero-order chi connectivity index (χ0) is 14.4. The Morgan fingerprint density at radius 2 is 2.00 bits per heavy atom. The molecule has 4 nitrogen and oxygen atoms in total. The second-order valence-electron chi connectivity index (χ2n) is 5.35. The maximum Gasteiger partial charge on any atom is 0.175 e. The van der Waals surface area contributed by atoms with E-state index in [1.807, 2.05) is 12.1 Å². The molecule has 1 aromatic carbocycles. The van der Waals surface area contributed by atoms with Crippen molar-refractivity contribution in [1.29, 1.82) is 0 Å². The van der Waals surface area contributed by atoms with E-state index in [0.29, 0.717) is 11.0 Å². The van der Waals surface area contributed by atoms with Crippen LogP contribution in [0.3, 0.4) is 0 Å². The molecule has 112 valence electrons. The number of ether oxygens (including phenoxy) is 1. The monoisotopic (exact) mass is 297 g/mol. The molecule has 5 heteroatoms. The Morgan fingerprint density at radius 3 is 2.60 bits per heavy atom. The number of hydrogen-bond acceptors (Lipinski definition) is 4. The molecule has 1 unspecified atom stereocenters. The van der Waals surface area contributed by atoms with E-state index >= 15 is 0 Å². The van der Waals surface area contributed by atoms with Crippen molar-refractivity contribution < 1.29 is 13.2 Å². The van der Waals surface area contributed by atoms with Crippen molar-refractivity contribution in [3.05, 3.63) is 24.3 Å². The first-order chi connectivity index (χ1) is 9.55. The highest BCUT2D eigenvalue weighted by atomic mass is 32.2. The van der Waals surface area contributed by atoms with Crippen LogP contribution in [0.5, 0.6) is 0 Å². The van der Waals surface area contributed by atoms with Crippen molar-refractivity contribution in [3.8, 4) is 0 Å². The van der Waals surface area contributed by atoms with Gasteiger partial charge in [-0.2, -0.15) is 0 Å². The van der Waals surface area contributed by atoms with Crippen LogP contribution in [0.15, 0.2) is 29.2 Å². The Labute approximate surface area is 121 Å². The lowest BCUT2D eigenvalue weighted by molar-refractivity contribution is 0.0107. The highest BCUT2D eigenvalue weighted by Gasteiger charge is 2.12. The number of benzene rings is 1. The average Bonchev–Trinajstić information content (AvgIpc) is 2.44. The van der Waals surface area contributed by atoms with Gasteiger partial charge in [0, 0.05) is 25.1 Å². The first-order valence-corrected chi connectivity index (χ1v) is 9.10. The van der Waals surface area contributed by atoms with Gasteiger partial charge >= 0.3 is 0 Å². The molecule has 0 aromatic heterocycles. The summed E-state index contributed by atoms with van der Waals surface area (Å²) in [6.45, 7) is 1.79. The molecule has 1 aliphatic rings. The number of nitrogens with one attached hydrogen (secondary N) is 1. The van der Waals surface area contributed by atoms with Gasteiger partial charge in [-0.1, -0.05) is 0 Å². The molecule has 1 fully saturated rings. The average molecular weight is 297 g/mol. The molecule has 0 spiro atoms. The fourth-order valence-electron chi connectivity index (χ4n) is 2.42. The Morgan fingerprint density at radius 1 is 1.25 bits per heavy atom. The molecule has 0 saturated carbocycles. The first-order valence-electron chi connectivity index (χ1n) is 7.21. The van der Waals surface area contributed by atoms with Gasteiger partial charge in [-0.15, -0.1) is 0 Å². The quantitative estimate of drug-likeness (QED) is 0.820. The zero-order valence-corrected chi connectivity index (χ0v) is 12.8. The lowest BCUT2D eigenvalue weighted by Crippen LogP contribution is -2.19. The van der Waals surface area contributed by atoms with Gasteiger partial charge in [-0.05, 0) is 56.4 Å². The molecule has 0 aliphatic carbocycles. The predicted molar refractivity (Wildman–Crippen MR) is 80.9 cm³/mol. The van der Waals surface area contributed by atoms with E-state index in [1.54, 1.807) is 12.1 Å². The molecular formula is C15H23NO3S. The normalized spacial score (nSPS) is 19.8.